The van der Waals surface area contributed by atoms with Crippen LogP contribution in [0.1, 0.15) is 30.7 Å². The van der Waals surface area contributed by atoms with Gasteiger partial charge in [-0.1, -0.05) is 6.92 Å². The number of carbonyl (C=O) groups excluding carboxylic acids is 1. The maximum atomic E-state index is 11.9. The molecule has 0 fully saturated rings. The second-order valence-electron chi connectivity index (χ2n) is 4.84. The van der Waals surface area contributed by atoms with Crippen molar-refractivity contribution in [1.29, 1.82) is 0 Å². The summed E-state index contributed by atoms with van der Waals surface area (Å²) in [5.41, 5.74) is 1.18. The molecule has 0 bridgehead atoms. The summed E-state index contributed by atoms with van der Waals surface area (Å²) in [5.74, 6) is 0.721. The molecule has 2 aromatic heterocycles. The maximum Gasteiger partial charge on any atom is 0.242 e. The van der Waals surface area contributed by atoms with E-state index in [-0.39, 0.29) is 11.9 Å². The third-order valence-corrected chi connectivity index (χ3v) is 4.38. The van der Waals surface area contributed by atoms with E-state index in [1.54, 1.807) is 11.3 Å². The second-order valence-corrected chi connectivity index (χ2v) is 6.05. The molecule has 20 heavy (non-hydrogen) atoms. The Morgan fingerprint density at radius 1 is 1.40 bits per heavy atom. The van der Waals surface area contributed by atoms with Gasteiger partial charge < -0.3 is 10.6 Å². The van der Waals surface area contributed by atoms with Gasteiger partial charge in [0.05, 0.1) is 5.39 Å². The Labute approximate surface area is 122 Å². The fourth-order valence-corrected chi connectivity index (χ4v) is 2.96. The lowest BCUT2D eigenvalue weighted by Gasteiger charge is -2.15. The number of nitrogens with one attached hydrogen (secondary N) is 2. The van der Waals surface area contributed by atoms with E-state index in [4.69, 9.17) is 0 Å². The number of thiophene rings is 1. The van der Waals surface area contributed by atoms with Crippen LogP contribution in [0.5, 0.6) is 0 Å². The fraction of sp³-hybridized carbons (Fsp3) is 0.500. The van der Waals surface area contributed by atoms with Gasteiger partial charge in [-0.2, -0.15) is 0 Å². The van der Waals surface area contributed by atoms with Gasteiger partial charge in [-0.25, -0.2) is 9.97 Å². The first kappa shape index (κ1) is 14.7. The van der Waals surface area contributed by atoms with Gasteiger partial charge in [0, 0.05) is 11.4 Å². The van der Waals surface area contributed by atoms with E-state index < -0.39 is 0 Å². The average molecular weight is 292 g/mol. The molecule has 0 aliphatic heterocycles. The Balaban J connectivity index is 2.23. The van der Waals surface area contributed by atoms with Crippen LogP contribution in [0.4, 0.5) is 5.82 Å². The summed E-state index contributed by atoms with van der Waals surface area (Å²) in [6.45, 7) is 8.70. The van der Waals surface area contributed by atoms with Crippen molar-refractivity contribution in [3.63, 3.8) is 0 Å². The van der Waals surface area contributed by atoms with Crippen LogP contribution in [0.15, 0.2) is 6.33 Å². The van der Waals surface area contributed by atoms with Crippen molar-refractivity contribution in [3.8, 4) is 0 Å². The van der Waals surface area contributed by atoms with Crippen molar-refractivity contribution in [2.45, 2.75) is 40.2 Å². The standard InChI is InChI=1S/C14H20N4OS/c1-5-6-15-13(19)9(3)18-12-11-8(2)10(4)20-14(11)17-7-16-12/h7,9H,5-6H2,1-4H3,(H,15,19)(H,16,17,18). The first-order valence-corrected chi connectivity index (χ1v) is 7.61. The van der Waals surface area contributed by atoms with E-state index in [2.05, 4.69) is 34.4 Å². The third kappa shape index (κ3) is 2.90. The van der Waals surface area contributed by atoms with Crippen LogP contribution in [-0.4, -0.2) is 28.5 Å². The van der Waals surface area contributed by atoms with E-state index in [1.807, 2.05) is 13.8 Å². The Hall–Kier alpha value is -1.69. The van der Waals surface area contributed by atoms with Crippen molar-refractivity contribution in [2.24, 2.45) is 0 Å². The first-order chi connectivity index (χ1) is 9.54. The van der Waals surface area contributed by atoms with Crippen molar-refractivity contribution in [1.82, 2.24) is 15.3 Å². The SMILES string of the molecule is CCCNC(=O)C(C)Nc1ncnc2sc(C)c(C)c12. The topological polar surface area (TPSA) is 66.9 Å². The summed E-state index contributed by atoms with van der Waals surface area (Å²) in [6, 6.07) is -0.320. The van der Waals surface area contributed by atoms with Gasteiger partial charge in [0.2, 0.25) is 5.91 Å². The lowest BCUT2D eigenvalue weighted by Crippen LogP contribution is -2.38. The minimum Gasteiger partial charge on any atom is -0.358 e. The second kappa shape index (κ2) is 6.17. The molecule has 0 radical (unpaired) electrons. The quantitative estimate of drug-likeness (QED) is 0.889. The molecule has 2 aromatic rings. The van der Waals surface area contributed by atoms with Gasteiger partial charge in [0.25, 0.3) is 0 Å². The van der Waals surface area contributed by atoms with Crippen molar-refractivity contribution in [2.75, 3.05) is 11.9 Å². The van der Waals surface area contributed by atoms with Crippen molar-refractivity contribution < 1.29 is 4.79 Å². The molecule has 2 N–H and O–H groups in total. The molecule has 0 spiro atoms. The number of rotatable bonds is 5. The molecule has 1 unspecified atom stereocenters. The van der Waals surface area contributed by atoms with Crippen molar-refractivity contribution in [3.05, 3.63) is 16.8 Å². The number of anilines is 1. The first-order valence-electron chi connectivity index (χ1n) is 6.79. The Morgan fingerprint density at radius 3 is 2.85 bits per heavy atom. The van der Waals surface area contributed by atoms with Crippen molar-refractivity contribution >= 4 is 33.3 Å². The molecule has 0 saturated heterocycles. The van der Waals surface area contributed by atoms with E-state index in [0.717, 1.165) is 22.5 Å². The highest BCUT2D eigenvalue weighted by molar-refractivity contribution is 7.18. The van der Waals surface area contributed by atoms with Crippen LogP contribution in [0.25, 0.3) is 10.2 Å². The van der Waals surface area contributed by atoms with E-state index in [9.17, 15) is 4.79 Å². The highest BCUT2D eigenvalue weighted by atomic mass is 32.1. The molecule has 1 atom stereocenters. The minimum absolute atomic E-state index is 0.0109. The third-order valence-electron chi connectivity index (χ3n) is 3.26. The average Bonchev–Trinajstić information content (AvgIpc) is 2.72. The molecule has 0 aliphatic carbocycles. The lowest BCUT2D eigenvalue weighted by atomic mass is 10.2. The van der Waals surface area contributed by atoms with Crippen LogP contribution in [-0.2, 0) is 4.79 Å². The normalized spacial score (nSPS) is 12.4. The van der Waals surface area contributed by atoms with Gasteiger partial charge in [-0.05, 0) is 32.8 Å². The summed E-state index contributed by atoms with van der Waals surface area (Å²) in [5, 5.41) is 7.09. The molecule has 0 saturated carbocycles. The number of carbonyl (C=O) groups is 1. The Morgan fingerprint density at radius 2 is 2.15 bits per heavy atom. The number of amides is 1. The van der Waals surface area contributed by atoms with Crippen LogP contribution in [0.3, 0.4) is 0 Å². The van der Waals surface area contributed by atoms with Gasteiger partial charge in [0.1, 0.15) is 23.0 Å². The summed E-state index contributed by atoms with van der Waals surface area (Å²) >= 11 is 1.65. The molecule has 0 aliphatic rings. The fourth-order valence-electron chi connectivity index (χ4n) is 1.96. The Bertz CT molecular complexity index is 623. The predicted molar refractivity (Wildman–Crippen MR) is 83.3 cm³/mol. The van der Waals surface area contributed by atoms with Crippen LogP contribution >= 0.6 is 11.3 Å². The summed E-state index contributed by atoms with van der Waals surface area (Å²) in [4.78, 5) is 22.7. The van der Waals surface area contributed by atoms with E-state index in [1.165, 1.54) is 16.8 Å². The zero-order chi connectivity index (χ0) is 14.7. The van der Waals surface area contributed by atoms with Gasteiger partial charge >= 0.3 is 0 Å². The molecular formula is C14H20N4OS. The predicted octanol–water partition coefficient (Wildman–Crippen LogP) is 2.63. The molecular weight excluding hydrogens is 272 g/mol. The highest BCUT2D eigenvalue weighted by Gasteiger charge is 2.17. The van der Waals surface area contributed by atoms with Gasteiger partial charge in [-0.15, -0.1) is 11.3 Å². The molecule has 2 heterocycles. The molecule has 2 rings (SSSR count). The van der Waals surface area contributed by atoms with Gasteiger partial charge in [0.15, 0.2) is 0 Å². The zero-order valence-electron chi connectivity index (χ0n) is 12.3. The summed E-state index contributed by atoms with van der Waals surface area (Å²) < 4.78 is 0. The Kier molecular flexibility index (Phi) is 4.54. The molecule has 1 amide bonds. The van der Waals surface area contributed by atoms with Crippen LogP contribution in [0, 0.1) is 13.8 Å². The number of aryl methyl sites for hydroxylation is 2. The number of hydrogen-bond donors (Lipinski definition) is 2. The molecule has 0 aromatic carbocycles. The number of aromatic nitrogens is 2. The van der Waals surface area contributed by atoms with E-state index in [0.29, 0.717) is 6.54 Å². The maximum absolute atomic E-state index is 11.9. The van der Waals surface area contributed by atoms with Gasteiger partial charge in [-0.3, -0.25) is 4.79 Å². The summed E-state index contributed by atoms with van der Waals surface area (Å²) in [7, 11) is 0. The lowest BCUT2D eigenvalue weighted by molar-refractivity contribution is -0.121. The smallest absolute Gasteiger partial charge is 0.242 e. The van der Waals surface area contributed by atoms with Crippen LogP contribution in [0.2, 0.25) is 0 Å². The molecule has 108 valence electrons. The highest BCUT2D eigenvalue weighted by Crippen LogP contribution is 2.32. The number of hydrogen-bond acceptors (Lipinski definition) is 5. The summed E-state index contributed by atoms with van der Waals surface area (Å²) in [6.07, 6.45) is 2.47. The molecule has 6 heteroatoms. The number of fused-ring (bicyclic) bond motifs is 1. The largest absolute Gasteiger partial charge is 0.358 e. The monoisotopic (exact) mass is 292 g/mol. The zero-order valence-corrected chi connectivity index (χ0v) is 13.1. The van der Waals surface area contributed by atoms with E-state index >= 15 is 0 Å². The molecule has 5 nitrogen and oxygen atoms in total. The minimum atomic E-state index is -0.320. The number of nitrogens with zero attached hydrogens (tertiary/aromatic N) is 2. The van der Waals surface area contributed by atoms with Crippen LogP contribution < -0.4 is 10.6 Å².